The van der Waals surface area contributed by atoms with E-state index in [0.29, 0.717) is 40.3 Å². The van der Waals surface area contributed by atoms with Crippen LogP contribution < -0.4 is 9.47 Å². The molecule has 5 rings (SSSR count). The Kier molecular flexibility index (Phi) is 7.31. The predicted molar refractivity (Wildman–Crippen MR) is 138 cm³/mol. The smallest absolute Gasteiger partial charge is 0.327 e. The van der Waals surface area contributed by atoms with Crippen LogP contribution in [0, 0.1) is 12.8 Å². The molecule has 2 aliphatic rings. The molecule has 3 aromatic rings. The summed E-state index contributed by atoms with van der Waals surface area (Å²) in [4.78, 5) is 35.4. The van der Waals surface area contributed by atoms with Crippen molar-refractivity contribution in [2.75, 3.05) is 14.2 Å². The highest BCUT2D eigenvalue weighted by Gasteiger charge is 2.52. The molecule has 0 spiro atoms. The van der Waals surface area contributed by atoms with Gasteiger partial charge in [0.05, 0.1) is 19.2 Å². The first-order chi connectivity index (χ1) is 17.8. The maximum absolute atomic E-state index is 13.5. The molecule has 9 nitrogen and oxygen atoms in total. The number of benzene rings is 1. The Bertz CT molecular complexity index is 1320. The molecule has 0 radical (unpaired) electrons. The van der Waals surface area contributed by atoms with Crippen LogP contribution in [0.15, 0.2) is 29.7 Å². The van der Waals surface area contributed by atoms with Crippen LogP contribution in [0.2, 0.25) is 5.02 Å². The summed E-state index contributed by atoms with van der Waals surface area (Å²) in [7, 11) is 3.14. The number of rotatable bonds is 8. The van der Waals surface area contributed by atoms with Gasteiger partial charge in [0.2, 0.25) is 5.16 Å². The summed E-state index contributed by atoms with van der Waals surface area (Å²) in [6.07, 6.45) is 8.68. The number of aromatic nitrogens is 4. The fourth-order valence-corrected chi connectivity index (χ4v) is 6.52. The Hall–Kier alpha value is -2.85. The Balaban J connectivity index is 1.37. The van der Waals surface area contributed by atoms with Gasteiger partial charge in [0.15, 0.2) is 11.0 Å². The van der Waals surface area contributed by atoms with Gasteiger partial charge in [-0.2, -0.15) is 4.98 Å². The lowest BCUT2D eigenvalue weighted by atomic mass is 9.76. The van der Waals surface area contributed by atoms with Gasteiger partial charge >= 0.3 is 5.97 Å². The lowest BCUT2D eigenvalue weighted by molar-refractivity contribution is -0.177. The number of nitrogens with zero attached hydrogens (tertiary/aromatic N) is 4. The van der Waals surface area contributed by atoms with Gasteiger partial charge in [-0.15, -0.1) is 5.10 Å². The average molecular weight is 545 g/mol. The van der Waals surface area contributed by atoms with E-state index in [4.69, 9.17) is 25.8 Å². The number of methoxy groups -OCH3 is 2. The van der Waals surface area contributed by atoms with Gasteiger partial charge in [-0.1, -0.05) is 36.2 Å². The summed E-state index contributed by atoms with van der Waals surface area (Å²) in [5.74, 6) is 1.03. The molecule has 2 aromatic heterocycles. The number of carbonyl (C=O) groups is 2. The molecule has 0 bridgehead atoms. The number of halogens is 1. The maximum Gasteiger partial charge on any atom is 0.327 e. The zero-order valence-electron chi connectivity index (χ0n) is 21.0. The first kappa shape index (κ1) is 25.8. The van der Waals surface area contributed by atoms with Crippen LogP contribution in [0.4, 0.5) is 0 Å². The average Bonchev–Trinajstić information content (AvgIpc) is 3.55. The minimum Gasteiger partial charge on any atom is -0.496 e. The normalized spacial score (nSPS) is 22.4. The van der Waals surface area contributed by atoms with Crippen LogP contribution in [0.3, 0.4) is 0 Å². The fraction of sp³-hybridized carbons (Fsp3) is 0.500. The van der Waals surface area contributed by atoms with Crippen LogP contribution in [-0.4, -0.2) is 56.4 Å². The van der Waals surface area contributed by atoms with Crippen LogP contribution in [0.5, 0.6) is 11.5 Å². The highest BCUT2D eigenvalue weighted by atomic mass is 35.5. The van der Waals surface area contributed by atoms with Crippen LogP contribution in [-0.2, 0) is 20.7 Å². The molecular formula is C26H29ClN4O5S. The first-order valence-corrected chi connectivity index (χ1v) is 13.6. The van der Waals surface area contributed by atoms with Gasteiger partial charge in [0.1, 0.15) is 17.1 Å². The number of cyclic esters (lactones) is 1. The fourth-order valence-electron chi connectivity index (χ4n) is 5.42. The van der Waals surface area contributed by atoms with Crippen LogP contribution >= 0.6 is 23.4 Å². The monoisotopic (exact) mass is 544 g/mol. The van der Waals surface area contributed by atoms with Crippen LogP contribution in [0.1, 0.15) is 49.7 Å². The first-order valence-electron chi connectivity index (χ1n) is 12.3. The SMILES string of the molecule is COc1cc(OC)c(CCC2(C3CCCC3)CC(=O)C(Sc3nc4ncc(C)cn4n3)C(=O)O2)cc1Cl. The Morgan fingerprint density at radius 2 is 1.95 bits per heavy atom. The van der Waals surface area contributed by atoms with E-state index >= 15 is 0 Å². The predicted octanol–water partition coefficient (Wildman–Crippen LogP) is 4.64. The highest BCUT2D eigenvalue weighted by molar-refractivity contribution is 8.01. The molecule has 0 N–H and O–H groups in total. The summed E-state index contributed by atoms with van der Waals surface area (Å²) in [5, 5.41) is 4.17. The quantitative estimate of drug-likeness (QED) is 0.296. The minimum atomic E-state index is -1.00. The van der Waals surface area contributed by atoms with Crippen molar-refractivity contribution in [1.29, 1.82) is 0 Å². The molecule has 1 aliphatic carbocycles. The van der Waals surface area contributed by atoms with Gasteiger partial charge in [-0.05, 0) is 55.7 Å². The van der Waals surface area contributed by atoms with Gasteiger partial charge in [0, 0.05) is 24.9 Å². The zero-order chi connectivity index (χ0) is 26.2. The van der Waals surface area contributed by atoms with E-state index in [1.165, 1.54) is 0 Å². The van der Waals surface area contributed by atoms with Crippen molar-refractivity contribution in [2.45, 2.75) is 67.9 Å². The van der Waals surface area contributed by atoms with Gasteiger partial charge in [0.25, 0.3) is 5.78 Å². The second kappa shape index (κ2) is 10.5. The number of aryl methyl sites for hydroxylation is 2. The Labute approximate surface area is 224 Å². The van der Waals surface area contributed by atoms with Gasteiger partial charge in [-0.3, -0.25) is 9.59 Å². The van der Waals surface area contributed by atoms with Gasteiger partial charge in [-0.25, -0.2) is 9.50 Å². The standard InChI is InChI=1S/C26H29ClN4O5S/c1-15-13-28-24-29-25(30-31(24)14-15)37-22-19(32)12-26(36-23(22)33,17-6-4-5-7-17)9-8-16-10-18(27)21(35-3)11-20(16)34-2/h10-11,13-14,17,22H,4-9,12H2,1-3H3. The lowest BCUT2D eigenvalue weighted by Gasteiger charge is -2.42. The molecule has 37 heavy (non-hydrogen) atoms. The molecule has 11 heteroatoms. The second-order valence-electron chi connectivity index (χ2n) is 9.68. The molecule has 0 amide bonds. The summed E-state index contributed by atoms with van der Waals surface area (Å²) < 4.78 is 18.6. The van der Waals surface area contributed by atoms with E-state index in [9.17, 15) is 9.59 Å². The molecule has 2 fully saturated rings. The number of fused-ring (bicyclic) bond motifs is 1. The summed E-state index contributed by atoms with van der Waals surface area (Å²) in [6, 6.07) is 3.57. The number of thioether (sulfide) groups is 1. The topological polar surface area (TPSA) is 105 Å². The zero-order valence-corrected chi connectivity index (χ0v) is 22.6. The van der Waals surface area contributed by atoms with Crippen molar-refractivity contribution < 1.29 is 23.8 Å². The van der Waals surface area contributed by atoms with E-state index in [-0.39, 0.29) is 18.1 Å². The third-order valence-corrected chi connectivity index (χ3v) is 8.65. The number of carbonyl (C=O) groups excluding carboxylic acids is 2. The van der Waals surface area contributed by atoms with Gasteiger partial charge < -0.3 is 14.2 Å². The molecule has 1 aromatic carbocycles. The molecule has 2 unspecified atom stereocenters. The third kappa shape index (κ3) is 5.13. The minimum absolute atomic E-state index is 0.131. The van der Waals surface area contributed by atoms with E-state index in [2.05, 4.69) is 15.1 Å². The van der Waals surface area contributed by atoms with Crippen molar-refractivity contribution in [3.05, 3.63) is 40.7 Å². The molecule has 1 aliphatic heterocycles. The summed E-state index contributed by atoms with van der Waals surface area (Å²) >= 11 is 7.41. The molecule has 2 atom stereocenters. The summed E-state index contributed by atoms with van der Waals surface area (Å²) in [6.45, 7) is 1.90. The number of ether oxygens (including phenoxy) is 3. The third-order valence-electron chi connectivity index (χ3n) is 7.28. The van der Waals surface area contributed by atoms with Crippen molar-refractivity contribution in [2.24, 2.45) is 5.92 Å². The van der Waals surface area contributed by atoms with Crippen molar-refractivity contribution in [3.8, 4) is 11.5 Å². The number of hydrogen-bond acceptors (Lipinski definition) is 9. The molecule has 1 saturated carbocycles. The molecular weight excluding hydrogens is 516 g/mol. The van der Waals surface area contributed by atoms with Crippen molar-refractivity contribution in [1.82, 2.24) is 19.6 Å². The number of hydrogen-bond donors (Lipinski definition) is 0. The number of ketones is 1. The molecule has 3 heterocycles. The highest BCUT2D eigenvalue weighted by Crippen LogP contribution is 2.46. The van der Waals surface area contributed by atoms with E-state index in [1.807, 2.05) is 13.0 Å². The Morgan fingerprint density at radius 1 is 1.19 bits per heavy atom. The van der Waals surface area contributed by atoms with E-state index in [0.717, 1.165) is 48.6 Å². The largest absolute Gasteiger partial charge is 0.496 e. The molecule has 196 valence electrons. The second-order valence-corrected chi connectivity index (χ2v) is 11.2. The van der Waals surface area contributed by atoms with E-state index < -0.39 is 16.8 Å². The van der Waals surface area contributed by atoms with Crippen molar-refractivity contribution in [3.63, 3.8) is 0 Å². The Morgan fingerprint density at radius 3 is 2.65 bits per heavy atom. The summed E-state index contributed by atoms with van der Waals surface area (Å²) in [5.41, 5.74) is 0.949. The number of Topliss-reactive ketones (excluding diaryl/α,β-unsaturated/α-hetero) is 1. The maximum atomic E-state index is 13.5. The lowest BCUT2D eigenvalue weighted by Crippen LogP contribution is -2.53. The van der Waals surface area contributed by atoms with Crippen LogP contribution in [0.25, 0.3) is 5.78 Å². The molecule has 1 saturated heterocycles. The number of esters is 1. The van der Waals surface area contributed by atoms with E-state index in [1.54, 1.807) is 37.2 Å². The van der Waals surface area contributed by atoms with Crippen molar-refractivity contribution >= 4 is 40.9 Å².